The Balaban J connectivity index is 1.43. The minimum atomic E-state index is -4.47. The molecule has 2 N–H and O–H groups in total. The van der Waals surface area contributed by atoms with E-state index in [4.69, 9.17) is 10.5 Å². The molecule has 1 saturated heterocycles. The zero-order valence-electron chi connectivity index (χ0n) is 18.9. The van der Waals surface area contributed by atoms with Crippen molar-refractivity contribution in [1.82, 2.24) is 24.6 Å². The molecule has 3 atom stereocenters. The number of ether oxygens (including phenoxy) is 1. The zero-order chi connectivity index (χ0) is 24.6. The van der Waals surface area contributed by atoms with Gasteiger partial charge >= 0.3 is 6.18 Å². The van der Waals surface area contributed by atoms with E-state index >= 15 is 0 Å². The van der Waals surface area contributed by atoms with Gasteiger partial charge in [-0.05, 0) is 30.5 Å². The Kier molecular flexibility index (Phi) is 4.51. The highest BCUT2D eigenvalue weighted by Gasteiger charge is 2.46. The largest absolute Gasteiger partial charge is 0.488 e. The molecule has 35 heavy (non-hydrogen) atoms. The summed E-state index contributed by atoms with van der Waals surface area (Å²) in [5.74, 6) is 0.274. The van der Waals surface area contributed by atoms with Crippen LogP contribution in [0, 0.1) is 5.92 Å². The lowest BCUT2D eigenvalue weighted by molar-refractivity contribution is -0.137. The predicted octanol–water partition coefficient (Wildman–Crippen LogP) is 4.10. The molecular weight excluding hydrogens is 461 g/mol. The topological polar surface area (TPSA) is 99.2 Å². The average molecular weight is 482 g/mol. The number of aromatic nitrogens is 4. The quantitative estimate of drug-likeness (QED) is 0.439. The number of rotatable bonds is 1. The Hall–Kier alpha value is -3.89. The molecular formula is C24H21F3N6O2. The van der Waals surface area contributed by atoms with Gasteiger partial charge in [0.05, 0.1) is 40.4 Å². The van der Waals surface area contributed by atoms with Gasteiger partial charge in [0.2, 0.25) is 0 Å². The number of benzene rings is 1. The summed E-state index contributed by atoms with van der Waals surface area (Å²) in [6.45, 7) is 2.42. The molecule has 1 aromatic carbocycles. The van der Waals surface area contributed by atoms with Crippen LogP contribution >= 0.6 is 0 Å². The van der Waals surface area contributed by atoms with Crippen LogP contribution in [-0.4, -0.2) is 43.2 Å². The number of carbonyl (C=O) groups is 1. The van der Waals surface area contributed by atoms with E-state index in [0.29, 0.717) is 40.6 Å². The van der Waals surface area contributed by atoms with Crippen molar-refractivity contribution in [2.45, 2.75) is 31.7 Å². The van der Waals surface area contributed by atoms with Crippen LogP contribution in [0.25, 0.3) is 21.8 Å². The van der Waals surface area contributed by atoms with Crippen LogP contribution < -0.4 is 10.5 Å². The number of hydrogen-bond donors (Lipinski definition) is 1. The summed E-state index contributed by atoms with van der Waals surface area (Å²) < 4.78 is 47.3. The number of amides is 1. The number of nitrogen functional groups attached to an aromatic ring is 1. The number of anilines is 1. The van der Waals surface area contributed by atoms with Gasteiger partial charge in [0.25, 0.3) is 5.91 Å². The molecule has 8 nitrogen and oxygen atoms in total. The van der Waals surface area contributed by atoms with Crippen molar-refractivity contribution in [3.63, 3.8) is 0 Å². The molecule has 3 aromatic heterocycles. The fourth-order valence-electron chi connectivity index (χ4n) is 5.29. The van der Waals surface area contributed by atoms with Gasteiger partial charge in [-0.1, -0.05) is 13.0 Å². The minimum Gasteiger partial charge on any atom is -0.488 e. The smallest absolute Gasteiger partial charge is 0.416 e. The summed E-state index contributed by atoms with van der Waals surface area (Å²) in [7, 11) is 1.78. The molecule has 5 heterocycles. The number of alkyl halides is 3. The zero-order valence-corrected chi connectivity index (χ0v) is 18.9. The van der Waals surface area contributed by atoms with Gasteiger partial charge in [-0.2, -0.15) is 18.3 Å². The lowest BCUT2D eigenvalue weighted by Crippen LogP contribution is -2.47. The van der Waals surface area contributed by atoms with E-state index in [9.17, 15) is 18.0 Å². The van der Waals surface area contributed by atoms with Gasteiger partial charge in [-0.3, -0.25) is 9.48 Å². The van der Waals surface area contributed by atoms with Gasteiger partial charge in [-0.25, -0.2) is 9.97 Å². The summed E-state index contributed by atoms with van der Waals surface area (Å²) in [6, 6.07) is 4.65. The van der Waals surface area contributed by atoms with E-state index < -0.39 is 23.9 Å². The number of carbonyl (C=O) groups excluding carboxylic acids is 1. The fraction of sp³-hybridized carbons (Fsp3) is 0.333. The molecule has 0 bridgehead atoms. The van der Waals surface area contributed by atoms with Crippen LogP contribution in [0.4, 0.5) is 19.0 Å². The summed E-state index contributed by atoms with van der Waals surface area (Å²) in [6.07, 6.45) is -1.14. The first kappa shape index (κ1) is 21.6. The van der Waals surface area contributed by atoms with Crippen molar-refractivity contribution in [3.8, 4) is 5.75 Å². The maximum Gasteiger partial charge on any atom is 0.416 e. The third-order valence-electron chi connectivity index (χ3n) is 6.84. The lowest BCUT2D eigenvalue weighted by Gasteiger charge is -2.39. The first-order valence-electron chi connectivity index (χ1n) is 11.2. The fourth-order valence-corrected chi connectivity index (χ4v) is 5.29. The standard InChI is InChI=1S/C24H21F3N6O2/c1-11-5-19-21(13-4-3-12(24(25,26)27)6-18(13)35-19)33(10-11)23(34)16-7-14-17(9-29-16)31-22(28)15-8-30-32(2)20(14)15/h3-4,6-9,11,19,21H,5,10H2,1-2H3,(H2,28,31)/t11-,19+,21+/m1/s1. The van der Waals surface area contributed by atoms with Crippen molar-refractivity contribution in [1.29, 1.82) is 0 Å². The SMILES string of the molecule is C[C@@H]1C[C@@H]2Oc3cc(C(F)(F)F)ccc3[C@@H]2N(C(=O)c2cc3c(cn2)nc(N)c2cnn(C)c23)C1. The van der Waals surface area contributed by atoms with Crippen LogP contribution in [0.1, 0.15) is 41.0 Å². The monoisotopic (exact) mass is 482 g/mol. The van der Waals surface area contributed by atoms with E-state index in [1.165, 1.54) is 12.3 Å². The molecule has 1 fully saturated rings. The number of nitrogens with two attached hydrogens (primary N) is 1. The number of hydrogen-bond acceptors (Lipinski definition) is 6. The maximum atomic E-state index is 13.8. The molecule has 4 aromatic rings. The van der Waals surface area contributed by atoms with Crippen molar-refractivity contribution < 1.29 is 22.7 Å². The van der Waals surface area contributed by atoms with Crippen molar-refractivity contribution >= 4 is 33.5 Å². The molecule has 0 aliphatic carbocycles. The Bertz CT molecular complexity index is 1510. The molecule has 180 valence electrons. The molecule has 6 rings (SSSR count). The van der Waals surface area contributed by atoms with Crippen LogP contribution in [0.2, 0.25) is 0 Å². The molecule has 11 heteroatoms. The van der Waals surface area contributed by atoms with Gasteiger partial charge < -0.3 is 15.4 Å². The van der Waals surface area contributed by atoms with E-state index in [2.05, 4.69) is 15.1 Å². The van der Waals surface area contributed by atoms with Crippen LogP contribution in [0.15, 0.2) is 36.7 Å². The Morgan fingerprint density at radius 3 is 2.77 bits per heavy atom. The minimum absolute atomic E-state index is 0.0994. The number of likely N-dealkylation sites (tertiary alicyclic amines) is 1. The average Bonchev–Trinajstić information content (AvgIpc) is 3.37. The molecule has 0 spiro atoms. The Morgan fingerprint density at radius 2 is 2.00 bits per heavy atom. The molecule has 0 radical (unpaired) electrons. The normalized spacial score (nSPS) is 21.7. The molecule has 0 saturated carbocycles. The van der Waals surface area contributed by atoms with Crippen molar-refractivity contribution in [3.05, 3.63) is 53.5 Å². The second-order valence-corrected chi connectivity index (χ2v) is 9.26. The second-order valence-electron chi connectivity index (χ2n) is 9.26. The highest BCUT2D eigenvalue weighted by atomic mass is 19.4. The highest BCUT2D eigenvalue weighted by Crippen LogP contribution is 2.47. The number of aryl methyl sites for hydroxylation is 1. The van der Waals surface area contributed by atoms with Crippen LogP contribution in [0.5, 0.6) is 5.75 Å². The number of fused-ring (bicyclic) bond motifs is 6. The third-order valence-corrected chi connectivity index (χ3v) is 6.84. The van der Waals surface area contributed by atoms with E-state index in [1.54, 1.807) is 28.9 Å². The predicted molar refractivity (Wildman–Crippen MR) is 122 cm³/mol. The summed E-state index contributed by atoms with van der Waals surface area (Å²) >= 11 is 0. The van der Waals surface area contributed by atoms with E-state index in [0.717, 1.165) is 17.6 Å². The van der Waals surface area contributed by atoms with Gasteiger partial charge in [0.15, 0.2) is 0 Å². The van der Waals surface area contributed by atoms with Crippen molar-refractivity contribution in [2.24, 2.45) is 13.0 Å². The summed E-state index contributed by atoms with van der Waals surface area (Å²) in [5, 5.41) is 5.62. The highest BCUT2D eigenvalue weighted by molar-refractivity contribution is 6.09. The molecule has 2 aliphatic heterocycles. The Morgan fingerprint density at radius 1 is 1.20 bits per heavy atom. The molecule has 1 amide bonds. The molecule has 0 unspecified atom stereocenters. The van der Waals surface area contributed by atoms with Crippen molar-refractivity contribution in [2.75, 3.05) is 12.3 Å². The van der Waals surface area contributed by atoms with Gasteiger partial charge in [0, 0.05) is 24.5 Å². The van der Waals surface area contributed by atoms with Gasteiger partial charge in [-0.15, -0.1) is 0 Å². The first-order valence-corrected chi connectivity index (χ1v) is 11.2. The van der Waals surface area contributed by atoms with E-state index in [-0.39, 0.29) is 23.3 Å². The third kappa shape index (κ3) is 3.28. The lowest BCUT2D eigenvalue weighted by atomic mass is 9.88. The van der Waals surface area contributed by atoms with Gasteiger partial charge in [0.1, 0.15) is 23.4 Å². The maximum absolute atomic E-state index is 13.8. The number of nitrogens with zero attached hydrogens (tertiary/aromatic N) is 5. The second kappa shape index (κ2) is 7.30. The number of pyridine rings is 2. The number of halogens is 3. The summed E-state index contributed by atoms with van der Waals surface area (Å²) in [5.41, 5.74) is 7.34. The first-order chi connectivity index (χ1) is 16.6. The van der Waals surface area contributed by atoms with E-state index in [1.807, 2.05) is 6.92 Å². The molecule has 2 aliphatic rings. The van der Waals surface area contributed by atoms with Crippen LogP contribution in [-0.2, 0) is 13.2 Å². The Labute approximate surface area is 197 Å². The van der Waals surface area contributed by atoms with Crippen LogP contribution in [0.3, 0.4) is 0 Å². The summed E-state index contributed by atoms with van der Waals surface area (Å²) in [4.78, 5) is 24.2. The number of piperidine rings is 1.